The van der Waals surface area contributed by atoms with E-state index >= 15 is 0 Å². The summed E-state index contributed by atoms with van der Waals surface area (Å²) in [5.74, 6) is 1.61. The van der Waals surface area contributed by atoms with Crippen molar-refractivity contribution in [1.82, 2.24) is 10.2 Å². The summed E-state index contributed by atoms with van der Waals surface area (Å²) in [7, 11) is 3.31. The molecule has 0 bridgehead atoms. The quantitative estimate of drug-likeness (QED) is 0.820. The van der Waals surface area contributed by atoms with E-state index in [4.69, 9.17) is 21.1 Å². The maximum Gasteiger partial charge on any atom is 0.155 e. The van der Waals surface area contributed by atoms with Crippen molar-refractivity contribution in [3.8, 4) is 11.5 Å². The van der Waals surface area contributed by atoms with Gasteiger partial charge in [0, 0.05) is 6.07 Å². The summed E-state index contributed by atoms with van der Waals surface area (Å²) in [6.07, 6.45) is 1.59. The highest BCUT2D eigenvalue weighted by molar-refractivity contribution is 6.30. The third-order valence-corrected chi connectivity index (χ3v) is 4.03. The standard InChI is InChI=1S/C18H23ClN2O2/c1-18(2,3)15-10-13(20-21-17(15)19)8-6-12-7-9-14(22-4)11-16(12)23-5/h7,9-11H,6,8H2,1-5H3. The predicted octanol–water partition coefficient (Wildman–Crippen LogP) is 4.23. The Kier molecular flexibility index (Phi) is 5.47. The average molecular weight is 335 g/mol. The predicted molar refractivity (Wildman–Crippen MR) is 92.7 cm³/mol. The van der Waals surface area contributed by atoms with Crippen LogP contribution in [0.25, 0.3) is 0 Å². The molecule has 0 fully saturated rings. The molecule has 23 heavy (non-hydrogen) atoms. The number of ether oxygens (including phenoxy) is 2. The van der Waals surface area contributed by atoms with Crippen LogP contribution in [-0.4, -0.2) is 24.4 Å². The zero-order valence-electron chi connectivity index (χ0n) is 14.3. The van der Waals surface area contributed by atoms with Gasteiger partial charge in [-0.25, -0.2) is 0 Å². The van der Waals surface area contributed by atoms with Gasteiger partial charge in [0.25, 0.3) is 0 Å². The molecule has 124 valence electrons. The number of methoxy groups -OCH3 is 2. The van der Waals surface area contributed by atoms with Gasteiger partial charge in [-0.15, -0.1) is 5.10 Å². The number of nitrogens with zero attached hydrogens (tertiary/aromatic N) is 2. The number of rotatable bonds is 5. The molecular weight excluding hydrogens is 312 g/mol. The van der Waals surface area contributed by atoms with Crippen LogP contribution in [0.3, 0.4) is 0 Å². The van der Waals surface area contributed by atoms with Crippen molar-refractivity contribution in [3.63, 3.8) is 0 Å². The van der Waals surface area contributed by atoms with Crippen LogP contribution in [0.1, 0.15) is 37.6 Å². The molecule has 2 rings (SSSR count). The van der Waals surface area contributed by atoms with Gasteiger partial charge in [0.1, 0.15) is 11.5 Å². The van der Waals surface area contributed by atoms with E-state index in [1.165, 1.54) is 0 Å². The molecule has 1 aromatic carbocycles. The Labute approximate surface area is 142 Å². The van der Waals surface area contributed by atoms with E-state index in [-0.39, 0.29) is 5.41 Å². The zero-order valence-corrected chi connectivity index (χ0v) is 15.1. The van der Waals surface area contributed by atoms with Gasteiger partial charge in [0.15, 0.2) is 5.15 Å². The van der Waals surface area contributed by atoms with E-state index in [0.717, 1.165) is 41.2 Å². The van der Waals surface area contributed by atoms with Crippen molar-refractivity contribution in [1.29, 1.82) is 0 Å². The van der Waals surface area contributed by atoms with Crippen molar-refractivity contribution in [2.24, 2.45) is 0 Å². The Morgan fingerprint density at radius 1 is 1.00 bits per heavy atom. The van der Waals surface area contributed by atoms with Crippen LogP contribution in [0.2, 0.25) is 5.15 Å². The summed E-state index contributed by atoms with van der Waals surface area (Å²) in [6.45, 7) is 6.35. The van der Waals surface area contributed by atoms with E-state index in [0.29, 0.717) is 5.15 Å². The number of aryl methyl sites for hydroxylation is 2. The lowest BCUT2D eigenvalue weighted by atomic mass is 9.88. The van der Waals surface area contributed by atoms with Crippen molar-refractivity contribution in [2.75, 3.05) is 14.2 Å². The molecule has 1 heterocycles. The minimum absolute atomic E-state index is 0.0560. The second-order valence-electron chi connectivity index (χ2n) is 6.47. The van der Waals surface area contributed by atoms with Crippen LogP contribution >= 0.6 is 11.6 Å². The molecular formula is C18H23ClN2O2. The van der Waals surface area contributed by atoms with Gasteiger partial charge < -0.3 is 9.47 Å². The molecule has 0 amide bonds. The molecule has 0 N–H and O–H groups in total. The zero-order chi connectivity index (χ0) is 17.0. The van der Waals surface area contributed by atoms with Gasteiger partial charge in [-0.3, -0.25) is 0 Å². The second kappa shape index (κ2) is 7.18. The highest BCUT2D eigenvalue weighted by Gasteiger charge is 2.19. The van der Waals surface area contributed by atoms with Gasteiger partial charge in [-0.2, -0.15) is 5.10 Å². The van der Waals surface area contributed by atoms with E-state index in [1.54, 1.807) is 14.2 Å². The number of hydrogen-bond donors (Lipinski definition) is 0. The molecule has 0 unspecified atom stereocenters. The molecule has 0 saturated heterocycles. The molecule has 5 heteroatoms. The summed E-state index contributed by atoms with van der Waals surface area (Å²) in [4.78, 5) is 0. The number of halogens is 1. The average Bonchev–Trinajstić information content (AvgIpc) is 2.52. The first kappa shape index (κ1) is 17.5. The van der Waals surface area contributed by atoms with E-state index < -0.39 is 0 Å². The molecule has 0 aliphatic rings. The van der Waals surface area contributed by atoms with Gasteiger partial charge in [-0.1, -0.05) is 38.4 Å². The monoisotopic (exact) mass is 334 g/mol. The summed E-state index contributed by atoms with van der Waals surface area (Å²) < 4.78 is 10.7. The third kappa shape index (κ3) is 4.35. The molecule has 0 aliphatic carbocycles. The summed E-state index contributed by atoms with van der Waals surface area (Å²) in [5.41, 5.74) is 3.00. The Morgan fingerprint density at radius 3 is 2.35 bits per heavy atom. The van der Waals surface area contributed by atoms with Crippen LogP contribution in [0.5, 0.6) is 11.5 Å². The highest BCUT2D eigenvalue weighted by Crippen LogP contribution is 2.29. The summed E-state index contributed by atoms with van der Waals surface area (Å²) in [5, 5.41) is 8.78. The second-order valence-corrected chi connectivity index (χ2v) is 6.83. The maximum atomic E-state index is 6.17. The Hall–Kier alpha value is -1.81. The van der Waals surface area contributed by atoms with Crippen LogP contribution in [0.4, 0.5) is 0 Å². The van der Waals surface area contributed by atoms with Crippen molar-refractivity contribution in [2.45, 2.75) is 39.0 Å². The Morgan fingerprint density at radius 2 is 1.74 bits per heavy atom. The smallest absolute Gasteiger partial charge is 0.155 e. The molecule has 0 atom stereocenters. The molecule has 0 saturated carbocycles. The van der Waals surface area contributed by atoms with Crippen LogP contribution < -0.4 is 9.47 Å². The van der Waals surface area contributed by atoms with E-state index in [2.05, 4.69) is 31.0 Å². The lowest BCUT2D eigenvalue weighted by Crippen LogP contribution is -2.14. The number of benzene rings is 1. The summed E-state index contributed by atoms with van der Waals surface area (Å²) >= 11 is 6.17. The van der Waals surface area contributed by atoms with Crippen LogP contribution in [0.15, 0.2) is 24.3 Å². The lowest BCUT2D eigenvalue weighted by molar-refractivity contribution is 0.391. The van der Waals surface area contributed by atoms with Gasteiger partial charge in [-0.05, 0) is 41.5 Å². The molecule has 0 aliphatic heterocycles. The van der Waals surface area contributed by atoms with E-state index in [1.807, 2.05) is 24.3 Å². The SMILES string of the molecule is COc1ccc(CCc2cc(C(C)(C)C)c(Cl)nn2)c(OC)c1. The largest absolute Gasteiger partial charge is 0.497 e. The van der Waals surface area contributed by atoms with Gasteiger partial charge >= 0.3 is 0 Å². The fraction of sp³-hybridized carbons (Fsp3) is 0.444. The van der Waals surface area contributed by atoms with Crippen LogP contribution in [0, 0.1) is 0 Å². The molecule has 0 spiro atoms. The topological polar surface area (TPSA) is 44.2 Å². The fourth-order valence-electron chi connectivity index (χ4n) is 2.39. The van der Waals surface area contributed by atoms with Crippen molar-refractivity contribution < 1.29 is 9.47 Å². The number of aromatic nitrogens is 2. The first-order chi connectivity index (χ1) is 10.8. The fourth-order valence-corrected chi connectivity index (χ4v) is 2.76. The first-order valence-electron chi connectivity index (χ1n) is 7.58. The minimum Gasteiger partial charge on any atom is -0.497 e. The van der Waals surface area contributed by atoms with Crippen LogP contribution in [-0.2, 0) is 18.3 Å². The summed E-state index contributed by atoms with van der Waals surface area (Å²) in [6, 6.07) is 7.90. The maximum absolute atomic E-state index is 6.17. The Balaban J connectivity index is 2.18. The highest BCUT2D eigenvalue weighted by atomic mass is 35.5. The lowest BCUT2D eigenvalue weighted by Gasteiger charge is -2.20. The van der Waals surface area contributed by atoms with Crippen molar-refractivity contribution >= 4 is 11.6 Å². The van der Waals surface area contributed by atoms with Gasteiger partial charge in [0.2, 0.25) is 0 Å². The third-order valence-electron chi connectivity index (χ3n) is 3.75. The molecule has 2 aromatic rings. The van der Waals surface area contributed by atoms with Gasteiger partial charge in [0.05, 0.1) is 19.9 Å². The minimum atomic E-state index is -0.0560. The first-order valence-corrected chi connectivity index (χ1v) is 7.96. The van der Waals surface area contributed by atoms with E-state index in [9.17, 15) is 0 Å². The van der Waals surface area contributed by atoms with Crippen molar-refractivity contribution in [3.05, 3.63) is 46.2 Å². The molecule has 0 radical (unpaired) electrons. The number of hydrogen-bond acceptors (Lipinski definition) is 4. The molecule has 1 aromatic heterocycles. The Bertz CT molecular complexity index is 681. The normalized spacial score (nSPS) is 11.4. The molecule has 4 nitrogen and oxygen atoms in total.